The number of rotatable bonds is 2. The normalized spacial score (nSPS) is 10.7. The SMILES string of the molecule is CCc1c(Cl)[nH]c(=O)n(-c2cccc(Cl)c2Cl)c1=O. The summed E-state index contributed by atoms with van der Waals surface area (Å²) in [6, 6.07) is 4.72. The van der Waals surface area contributed by atoms with Crippen LogP contribution >= 0.6 is 34.8 Å². The van der Waals surface area contributed by atoms with E-state index in [1.807, 2.05) is 0 Å². The van der Waals surface area contributed by atoms with Gasteiger partial charge in [0.15, 0.2) is 0 Å². The predicted octanol–water partition coefficient (Wildman–Crippen LogP) is 3.05. The van der Waals surface area contributed by atoms with Crippen LogP contribution in [0, 0.1) is 0 Å². The predicted molar refractivity (Wildman–Crippen MR) is 77.1 cm³/mol. The molecule has 0 fully saturated rings. The molecule has 1 aromatic carbocycles. The van der Waals surface area contributed by atoms with Crippen LogP contribution in [0.25, 0.3) is 5.69 Å². The van der Waals surface area contributed by atoms with Crippen LogP contribution in [-0.2, 0) is 6.42 Å². The summed E-state index contributed by atoms with van der Waals surface area (Å²) in [7, 11) is 0. The lowest BCUT2D eigenvalue weighted by Crippen LogP contribution is -2.36. The van der Waals surface area contributed by atoms with Gasteiger partial charge in [-0.3, -0.25) is 9.78 Å². The summed E-state index contributed by atoms with van der Waals surface area (Å²) < 4.78 is 0.929. The fourth-order valence-corrected chi connectivity index (χ4v) is 2.41. The van der Waals surface area contributed by atoms with Crippen molar-refractivity contribution in [3.05, 3.63) is 59.8 Å². The molecule has 0 aliphatic rings. The standard InChI is InChI=1S/C12H9Cl3N2O2/c1-2-6-10(15)16-12(19)17(11(6)18)8-5-3-4-7(13)9(8)14/h3-5H,2H2,1H3,(H,16,19). The third-order valence-corrected chi connectivity index (χ3v) is 3.80. The van der Waals surface area contributed by atoms with Crippen LogP contribution in [0.1, 0.15) is 12.5 Å². The van der Waals surface area contributed by atoms with E-state index in [0.717, 1.165) is 4.57 Å². The summed E-state index contributed by atoms with van der Waals surface area (Å²) in [5, 5.41) is 0.450. The lowest BCUT2D eigenvalue weighted by Gasteiger charge is -2.10. The molecule has 19 heavy (non-hydrogen) atoms. The Labute approximate surface area is 123 Å². The minimum atomic E-state index is -0.656. The second kappa shape index (κ2) is 5.41. The molecule has 0 atom stereocenters. The number of benzene rings is 1. The first-order chi connectivity index (χ1) is 8.97. The van der Waals surface area contributed by atoms with Crippen molar-refractivity contribution in [1.29, 1.82) is 0 Å². The Bertz CT molecular complexity index is 750. The maximum Gasteiger partial charge on any atom is 0.334 e. The molecule has 100 valence electrons. The van der Waals surface area contributed by atoms with E-state index in [0.29, 0.717) is 12.0 Å². The Morgan fingerprint density at radius 3 is 2.53 bits per heavy atom. The van der Waals surface area contributed by atoms with Crippen molar-refractivity contribution >= 4 is 34.8 Å². The molecule has 0 amide bonds. The first kappa shape index (κ1) is 14.2. The fourth-order valence-electron chi connectivity index (χ4n) is 1.74. The van der Waals surface area contributed by atoms with Gasteiger partial charge in [0.25, 0.3) is 5.56 Å². The van der Waals surface area contributed by atoms with Crippen molar-refractivity contribution in [3.8, 4) is 5.69 Å². The molecule has 0 bridgehead atoms. The minimum Gasteiger partial charge on any atom is -0.297 e. The number of hydrogen-bond acceptors (Lipinski definition) is 2. The number of aromatic amines is 1. The van der Waals surface area contributed by atoms with E-state index in [1.165, 1.54) is 6.07 Å². The second-order valence-corrected chi connectivity index (χ2v) is 4.95. The first-order valence-electron chi connectivity index (χ1n) is 5.45. The van der Waals surface area contributed by atoms with Gasteiger partial charge in [0.2, 0.25) is 0 Å². The molecule has 0 saturated heterocycles. The Morgan fingerprint density at radius 2 is 1.89 bits per heavy atom. The molecule has 2 aromatic rings. The van der Waals surface area contributed by atoms with E-state index in [-0.39, 0.29) is 20.9 Å². The zero-order chi connectivity index (χ0) is 14.2. The highest BCUT2D eigenvalue weighted by molar-refractivity contribution is 6.43. The monoisotopic (exact) mass is 318 g/mol. The van der Waals surface area contributed by atoms with Crippen LogP contribution in [0.2, 0.25) is 15.2 Å². The lowest BCUT2D eigenvalue weighted by molar-refractivity contribution is 0.842. The molecular formula is C12H9Cl3N2O2. The minimum absolute atomic E-state index is 0.0481. The highest BCUT2D eigenvalue weighted by atomic mass is 35.5. The summed E-state index contributed by atoms with van der Waals surface area (Å²) in [6.07, 6.45) is 0.395. The summed E-state index contributed by atoms with van der Waals surface area (Å²) in [5.41, 5.74) is -0.610. The molecule has 0 saturated carbocycles. The smallest absolute Gasteiger partial charge is 0.297 e. The molecule has 0 unspecified atom stereocenters. The van der Waals surface area contributed by atoms with Gasteiger partial charge in [-0.2, -0.15) is 0 Å². The van der Waals surface area contributed by atoms with Gasteiger partial charge < -0.3 is 0 Å². The van der Waals surface area contributed by atoms with Crippen LogP contribution in [-0.4, -0.2) is 9.55 Å². The topological polar surface area (TPSA) is 54.9 Å². The van der Waals surface area contributed by atoms with Gasteiger partial charge in [0.1, 0.15) is 5.15 Å². The maximum absolute atomic E-state index is 12.3. The van der Waals surface area contributed by atoms with Crippen LogP contribution in [0.3, 0.4) is 0 Å². The number of H-pyrrole nitrogens is 1. The van der Waals surface area contributed by atoms with E-state index in [2.05, 4.69) is 4.98 Å². The molecule has 1 aromatic heterocycles. The third-order valence-electron chi connectivity index (χ3n) is 2.67. The van der Waals surface area contributed by atoms with Crippen LogP contribution in [0.5, 0.6) is 0 Å². The van der Waals surface area contributed by atoms with Crippen LogP contribution < -0.4 is 11.2 Å². The lowest BCUT2D eigenvalue weighted by atomic mass is 10.2. The van der Waals surface area contributed by atoms with E-state index < -0.39 is 11.2 Å². The molecule has 2 rings (SSSR count). The third kappa shape index (κ3) is 2.43. The molecule has 0 spiro atoms. The number of nitrogens with zero attached hydrogens (tertiary/aromatic N) is 1. The van der Waals surface area contributed by atoms with Crippen LogP contribution in [0.15, 0.2) is 27.8 Å². The quantitative estimate of drug-likeness (QED) is 0.865. The highest BCUT2D eigenvalue weighted by Crippen LogP contribution is 2.27. The second-order valence-electron chi connectivity index (χ2n) is 3.79. The Balaban J connectivity index is 2.88. The molecule has 0 aliphatic carbocycles. The largest absolute Gasteiger partial charge is 0.334 e. The molecule has 4 nitrogen and oxygen atoms in total. The van der Waals surface area contributed by atoms with Crippen molar-refractivity contribution < 1.29 is 0 Å². The van der Waals surface area contributed by atoms with Gasteiger partial charge in [0.05, 0.1) is 21.3 Å². The molecular weight excluding hydrogens is 311 g/mol. The average Bonchev–Trinajstić information content (AvgIpc) is 2.34. The molecule has 0 aliphatic heterocycles. The number of hydrogen-bond donors (Lipinski definition) is 1. The Kier molecular flexibility index (Phi) is 4.04. The van der Waals surface area contributed by atoms with Crippen molar-refractivity contribution in [1.82, 2.24) is 9.55 Å². The van der Waals surface area contributed by atoms with Gasteiger partial charge >= 0.3 is 5.69 Å². The summed E-state index contributed by atoms with van der Waals surface area (Å²) >= 11 is 17.8. The van der Waals surface area contributed by atoms with Crippen molar-refractivity contribution in [2.45, 2.75) is 13.3 Å². The highest BCUT2D eigenvalue weighted by Gasteiger charge is 2.15. The number of halogens is 3. The van der Waals surface area contributed by atoms with Gasteiger partial charge in [0, 0.05) is 0 Å². The average molecular weight is 320 g/mol. The zero-order valence-corrected chi connectivity index (χ0v) is 12.1. The first-order valence-corrected chi connectivity index (χ1v) is 6.58. The maximum atomic E-state index is 12.3. The Hall–Kier alpha value is -1.23. The summed E-state index contributed by atoms with van der Waals surface area (Å²) in [6.45, 7) is 1.77. The summed E-state index contributed by atoms with van der Waals surface area (Å²) in [5.74, 6) is 0. The zero-order valence-electron chi connectivity index (χ0n) is 9.84. The number of nitrogens with one attached hydrogen (secondary N) is 1. The van der Waals surface area contributed by atoms with Crippen molar-refractivity contribution in [3.63, 3.8) is 0 Å². The summed E-state index contributed by atoms with van der Waals surface area (Å²) in [4.78, 5) is 26.6. The van der Waals surface area contributed by atoms with E-state index >= 15 is 0 Å². The molecule has 1 heterocycles. The van der Waals surface area contributed by atoms with Crippen molar-refractivity contribution in [2.75, 3.05) is 0 Å². The van der Waals surface area contributed by atoms with Gasteiger partial charge in [-0.25, -0.2) is 9.36 Å². The number of aromatic nitrogens is 2. The molecule has 7 heteroatoms. The van der Waals surface area contributed by atoms with Gasteiger partial charge in [-0.05, 0) is 18.6 Å². The van der Waals surface area contributed by atoms with E-state index in [1.54, 1.807) is 19.1 Å². The molecule has 1 N–H and O–H groups in total. The van der Waals surface area contributed by atoms with E-state index in [9.17, 15) is 9.59 Å². The van der Waals surface area contributed by atoms with Gasteiger partial charge in [-0.1, -0.05) is 47.8 Å². The fraction of sp³-hybridized carbons (Fsp3) is 0.167. The van der Waals surface area contributed by atoms with Crippen molar-refractivity contribution in [2.24, 2.45) is 0 Å². The van der Waals surface area contributed by atoms with Crippen LogP contribution in [0.4, 0.5) is 0 Å². The van der Waals surface area contributed by atoms with Gasteiger partial charge in [-0.15, -0.1) is 0 Å². The Morgan fingerprint density at radius 1 is 1.21 bits per heavy atom. The van der Waals surface area contributed by atoms with E-state index in [4.69, 9.17) is 34.8 Å². The molecule has 0 radical (unpaired) electrons.